The van der Waals surface area contributed by atoms with Crippen molar-refractivity contribution in [2.24, 2.45) is 0 Å². The second kappa shape index (κ2) is 4.19. The van der Waals surface area contributed by atoms with E-state index in [0.29, 0.717) is 12.6 Å². The second-order valence-corrected chi connectivity index (χ2v) is 4.53. The Bertz CT molecular complexity index is 195. The molecule has 0 saturated carbocycles. The fourth-order valence-electron chi connectivity index (χ4n) is 1.54. The quantitative estimate of drug-likeness (QED) is 0.686. The van der Waals surface area contributed by atoms with Crippen molar-refractivity contribution >= 4 is 17.9 Å². The molecule has 0 aromatic carbocycles. The summed E-state index contributed by atoms with van der Waals surface area (Å²) >= 11 is 1.98. The maximum atomic E-state index is 10.7. The normalized spacial score (nSPS) is 33.1. The third kappa shape index (κ3) is 2.51. The van der Waals surface area contributed by atoms with Gasteiger partial charge in [0.2, 0.25) is 0 Å². The first kappa shape index (κ1) is 9.15. The van der Waals surface area contributed by atoms with E-state index in [1.807, 2.05) is 11.8 Å². The number of alkyl carbamates (subject to hydrolysis) is 1. The minimum absolute atomic E-state index is 0.0260. The second-order valence-electron chi connectivity index (χ2n) is 3.38. The fourth-order valence-corrected chi connectivity index (χ4v) is 2.73. The first-order chi connectivity index (χ1) is 6.34. The van der Waals surface area contributed by atoms with E-state index < -0.39 is 0 Å². The number of thioether (sulfide) groups is 1. The van der Waals surface area contributed by atoms with E-state index in [4.69, 9.17) is 4.74 Å². The van der Waals surface area contributed by atoms with Crippen LogP contribution in [0.25, 0.3) is 0 Å². The minimum Gasteiger partial charge on any atom is -0.443 e. The largest absolute Gasteiger partial charge is 0.443 e. The zero-order chi connectivity index (χ0) is 9.10. The first-order valence-corrected chi connectivity index (χ1v) is 5.75. The predicted molar refractivity (Wildman–Crippen MR) is 52.0 cm³/mol. The fraction of sp³-hybridized carbons (Fsp3) is 0.875. The van der Waals surface area contributed by atoms with Crippen LogP contribution in [-0.2, 0) is 4.74 Å². The highest BCUT2D eigenvalue weighted by Gasteiger charge is 2.23. The van der Waals surface area contributed by atoms with Crippen LogP contribution in [0.15, 0.2) is 0 Å². The Morgan fingerprint density at radius 1 is 1.69 bits per heavy atom. The Balaban J connectivity index is 1.64. The van der Waals surface area contributed by atoms with Gasteiger partial charge in [-0.05, 0) is 12.2 Å². The molecule has 0 radical (unpaired) electrons. The van der Waals surface area contributed by atoms with E-state index in [1.54, 1.807) is 0 Å². The van der Waals surface area contributed by atoms with Crippen molar-refractivity contribution in [3.63, 3.8) is 0 Å². The predicted octanol–water partition coefficient (Wildman–Crippen LogP) is 0.190. The van der Waals surface area contributed by atoms with Crippen molar-refractivity contribution in [2.45, 2.75) is 18.6 Å². The number of carbonyl (C=O) groups excluding carboxylic acids is 1. The Morgan fingerprint density at radius 2 is 2.62 bits per heavy atom. The average Bonchev–Trinajstić information content (AvgIpc) is 2.71. The first-order valence-electron chi connectivity index (χ1n) is 4.60. The maximum absolute atomic E-state index is 10.7. The van der Waals surface area contributed by atoms with Gasteiger partial charge in [0, 0.05) is 18.3 Å². The van der Waals surface area contributed by atoms with E-state index in [0.717, 1.165) is 6.54 Å². The minimum atomic E-state index is -0.285. The zero-order valence-corrected chi connectivity index (χ0v) is 8.23. The van der Waals surface area contributed by atoms with Gasteiger partial charge in [-0.2, -0.15) is 11.8 Å². The summed E-state index contributed by atoms with van der Waals surface area (Å²) in [5.41, 5.74) is 0. The molecule has 13 heavy (non-hydrogen) atoms. The number of hydrogen-bond acceptors (Lipinski definition) is 4. The summed E-state index contributed by atoms with van der Waals surface area (Å²) in [4.78, 5) is 10.7. The van der Waals surface area contributed by atoms with Gasteiger partial charge < -0.3 is 15.4 Å². The number of rotatable bonds is 3. The zero-order valence-electron chi connectivity index (χ0n) is 7.41. The highest BCUT2D eigenvalue weighted by atomic mass is 32.2. The van der Waals surface area contributed by atoms with Crippen molar-refractivity contribution < 1.29 is 9.53 Å². The maximum Gasteiger partial charge on any atom is 0.407 e. The highest BCUT2D eigenvalue weighted by Crippen LogP contribution is 2.17. The van der Waals surface area contributed by atoms with Gasteiger partial charge in [0.05, 0.1) is 6.54 Å². The van der Waals surface area contributed by atoms with E-state index in [9.17, 15) is 4.79 Å². The lowest BCUT2D eigenvalue weighted by Crippen LogP contribution is -2.36. The molecule has 4 nitrogen and oxygen atoms in total. The van der Waals surface area contributed by atoms with Crippen LogP contribution in [0.2, 0.25) is 0 Å². The summed E-state index contributed by atoms with van der Waals surface area (Å²) < 4.78 is 5.00. The van der Waals surface area contributed by atoms with Crippen molar-refractivity contribution in [3.8, 4) is 0 Å². The van der Waals surface area contributed by atoms with E-state index >= 15 is 0 Å². The van der Waals surface area contributed by atoms with Crippen LogP contribution in [0.5, 0.6) is 0 Å². The number of carbonyl (C=O) groups is 1. The Kier molecular flexibility index (Phi) is 2.95. The van der Waals surface area contributed by atoms with Gasteiger partial charge in [0.25, 0.3) is 0 Å². The molecule has 0 aromatic rings. The lowest BCUT2D eigenvalue weighted by Gasteiger charge is -2.13. The molecule has 0 aliphatic carbocycles. The van der Waals surface area contributed by atoms with Crippen LogP contribution in [0, 0.1) is 0 Å². The smallest absolute Gasteiger partial charge is 0.407 e. The summed E-state index contributed by atoms with van der Waals surface area (Å²) in [6, 6.07) is 0.615. The van der Waals surface area contributed by atoms with Gasteiger partial charge in [0.15, 0.2) is 0 Å². The summed E-state index contributed by atoms with van der Waals surface area (Å²) in [6.45, 7) is 1.43. The van der Waals surface area contributed by atoms with E-state index in [1.165, 1.54) is 17.9 Å². The van der Waals surface area contributed by atoms with Crippen LogP contribution < -0.4 is 10.6 Å². The van der Waals surface area contributed by atoms with Crippen LogP contribution in [-0.4, -0.2) is 42.8 Å². The van der Waals surface area contributed by atoms with Crippen LogP contribution in [0.4, 0.5) is 4.79 Å². The molecule has 2 rings (SSSR count). The monoisotopic (exact) mass is 202 g/mol. The van der Waals surface area contributed by atoms with E-state index in [-0.39, 0.29) is 12.2 Å². The topological polar surface area (TPSA) is 50.4 Å². The Morgan fingerprint density at radius 3 is 3.23 bits per heavy atom. The van der Waals surface area contributed by atoms with Crippen LogP contribution in [0.1, 0.15) is 6.42 Å². The molecule has 2 aliphatic rings. The summed E-state index contributed by atoms with van der Waals surface area (Å²) in [5, 5.41) is 6.04. The third-order valence-corrected chi connectivity index (χ3v) is 3.47. The molecule has 5 heteroatoms. The van der Waals surface area contributed by atoms with Crippen LogP contribution >= 0.6 is 11.8 Å². The summed E-state index contributed by atoms with van der Waals surface area (Å²) in [5.74, 6) is 2.44. The molecular weight excluding hydrogens is 188 g/mol. The number of amides is 1. The van der Waals surface area contributed by atoms with Gasteiger partial charge >= 0.3 is 6.09 Å². The molecule has 2 aliphatic heterocycles. The molecular formula is C8H14N2O2S. The summed E-state index contributed by atoms with van der Waals surface area (Å²) in [6.07, 6.45) is 0.976. The molecule has 2 N–H and O–H groups in total. The lowest BCUT2D eigenvalue weighted by molar-refractivity contribution is 0.138. The molecule has 0 spiro atoms. The lowest BCUT2D eigenvalue weighted by atomic mass is 10.2. The molecule has 1 amide bonds. The van der Waals surface area contributed by atoms with Crippen molar-refractivity contribution in [2.75, 3.05) is 24.6 Å². The van der Waals surface area contributed by atoms with Crippen molar-refractivity contribution in [1.82, 2.24) is 10.6 Å². The number of cyclic esters (lactones) is 1. The molecule has 2 saturated heterocycles. The molecule has 2 unspecified atom stereocenters. The van der Waals surface area contributed by atoms with Crippen molar-refractivity contribution in [1.29, 1.82) is 0 Å². The highest BCUT2D eigenvalue weighted by molar-refractivity contribution is 7.99. The summed E-state index contributed by atoms with van der Waals surface area (Å²) in [7, 11) is 0. The average molecular weight is 202 g/mol. The third-order valence-electron chi connectivity index (χ3n) is 2.31. The SMILES string of the molecule is O=C1NCC(CNC2CCSC2)O1. The van der Waals surface area contributed by atoms with Gasteiger partial charge in [-0.3, -0.25) is 0 Å². The van der Waals surface area contributed by atoms with Crippen molar-refractivity contribution in [3.05, 3.63) is 0 Å². The van der Waals surface area contributed by atoms with Gasteiger partial charge in [0.1, 0.15) is 6.10 Å². The molecule has 2 heterocycles. The molecule has 0 aromatic heterocycles. The van der Waals surface area contributed by atoms with Gasteiger partial charge in [-0.25, -0.2) is 4.79 Å². The molecule has 74 valence electrons. The van der Waals surface area contributed by atoms with E-state index in [2.05, 4.69) is 10.6 Å². The standard InChI is InChI=1S/C8H14N2O2S/c11-8-10-4-7(12-8)3-9-6-1-2-13-5-6/h6-7,9H,1-5H2,(H,10,11). The molecule has 2 fully saturated rings. The number of nitrogens with one attached hydrogen (secondary N) is 2. The Hall–Kier alpha value is -0.420. The van der Waals surface area contributed by atoms with Crippen LogP contribution in [0.3, 0.4) is 0 Å². The molecule has 0 bridgehead atoms. The van der Waals surface area contributed by atoms with Gasteiger partial charge in [-0.1, -0.05) is 0 Å². The Labute approximate surface area is 81.8 Å². The number of hydrogen-bond donors (Lipinski definition) is 2. The van der Waals surface area contributed by atoms with Gasteiger partial charge in [-0.15, -0.1) is 0 Å². The molecule has 2 atom stereocenters. The number of ether oxygens (including phenoxy) is 1.